The molecule has 2 aliphatic heterocycles. The second-order valence-electron chi connectivity index (χ2n) is 12.4. The predicted molar refractivity (Wildman–Crippen MR) is 168 cm³/mol. The first kappa shape index (κ1) is 30.5. The van der Waals surface area contributed by atoms with Crippen molar-refractivity contribution in [1.29, 1.82) is 0 Å². The lowest BCUT2D eigenvalue weighted by Crippen LogP contribution is -2.39. The number of hydrogen-bond donors (Lipinski definition) is 1. The van der Waals surface area contributed by atoms with Gasteiger partial charge in [0.1, 0.15) is 18.1 Å². The highest BCUT2D eigenvalue weighted by atomic mass is 16.5. The molecule has 3 aromatic rings. The van der Waals surface area contributed by atoms with E-state index in [2.05, 4.69) is 25.7 Å². The van der Waals surface area contributed by atoms with Crippen LogP contribution in [0.5, 0.6) is 5.75 Å². The number of aliphatic hydroxyl groups excluding tert-OH is 1. The largest absolute Gasteiger partial charge is 0.507 e. The number of ketones is 1. The molecule has 2 aliphatic rings. The Morgan fingerprint density at radius 2 is 1.65 bits per heavy atom. The third-order valence-electron chi connectivity index (χ3n) is 8.30. The Balaban J connectivity index is 1.44. The van der Waals surface area contributed by atoms with E-state index in [1.165, 1.54) is 0 Å². The van der Waals surface area contributed by atoms with E-state index in [1.54, 1.807) is 23.1 Å². The third kappa shape index (κ3) is 7.00. The lowest BCUT2D eigenvalue weighted by Gasteiger charge is -2.29. The Labute approximate surface area is 254 Å². The molecule has 0 spiro atoms. The summed E-state index contributed by atoms with van der Waals surface area (Å²) >= 11 is 0. The quantitative estimate of drug-likeness (QED) is 0.189. The molecule has 7 nitrogen and oxygen atoms in total. The molecule has 7 heteroatoms. The van der Waals surface area contributed by atoms with Crippen molar-refractivity contribution in [2.45, 2.75) is 52.2 Å². The molecule has 1 N–H and O–H groups in total. The van der Waals surface area contributed by atoms with Crippen LogP contribution in [0.4, 0.5) is 0 Å². The highest BCUT2D eigenvalue weighted by Crippen LogP contribution is 2.40. The summed E-state index contributed by atoms with van der Waals surface area (Å²) in [6, 6.07) is 22.6. The summed E-state index contributed by atoms with van der Waals surface area (Å²) in [6.07, 6.45) is 0.718. The zero-order chi connectivity index (χ0) is 30.6. The summed E-state index contributed by atoms with van der Waals surface area (Å²) in [5.41, 5.74) is 4.40. The first-order valence-electron chi connectivity index (χ1n) is 15.1. The number of likely N-dealkylation sites (tertiary alicyclic amines) is 1. The van der Waals surface area contributed by atoms with Gasteiger partial charge in [0.25, 0.3) is 11.7 Å². The molecule has 226 valence electrons. The molecular weight excluding hydrogens is 540 g/mol. The van der Waals surface area contributed by atoms with Gasteiger partial charge < -0.3 is 19.5 Å². The maximum atomic E-state index is 13.6. The maximum absolute atomic E-state index is 13.6. The van der Waals surface area contributed by atoms with Crippen molar-refractivity contribution in [2.75, 3.05) is 39.4 Å². The molecule has 2 fully saturated rings. The predicted octanol–water partition coefficient (Wildman–Crippen LogP) is 6.02. The number of amides is 1. The van der Waals surface area contributed by atoms with Crippen LogP contribution in [0.1, 0.15) is 61.1 Å². The van der Waals surface area contributed by atoms with E-state index in [-0.39, 0.29) is 16.7 Å². The van der Waals surface area contributed by atoms with Gasteiger partial charge in [0.15, 0.2) is 0 Å². The molecular formula is C36H42N2O5. The number of aliphatic hydroxyl groups is 1. The number of aryl methyl sites for hydroxylation is 1. The van der Waals surface area contributed by atoms with Crippen LogP contribution in [0, 0.1) is 6.92 Å². The van der Waals surface area contributed by atoms with Crippen molar-refractivity contribution >= 4 is 17.4 Å². The zero-order valence-corrected chi connectivity index (χ0v) is 25.6. The molecule has 0 radical (unpaired) electrons. The summed E-state index contributed by atoms with van der Waals surface area (Å²) in [6.45, 7) is 13.1. The molecule has 2 saturated heterocycles. The van der Waals surface area contributed by atoms with Crippen molar-refractivity contribution in [3.63, 3.8) is 0 Å². The van der Waals surface area contributed by atoms with Crippen molar-refractivity contribution in [2.24, 2.45) is 0 Å². The number of hydrogen-bond acceptors (Lipinski definition) is 6. The van der Waals surface area contributed by atoms with E-state index in [9.17, 15) is 14.7 Å². The van der Waals surface area contributed by atoms with E-state index in [4.69, 9.17) is 9.47 Å². The van der Waals surface area contributed by atoms with Crippen molar-refractivity contribution in [3.8, 4) is 5.75 Å². The lowest BCUT2D eigenvalue weighted by molar-refractivity contribution is -0.140. The van der Waals surface area contributed by atoms with E-state index in [0.29, 0.717) is 37.7 Å². The average Bonchev–Trinajstić information content (AvgIpc) is 3.26. The number of nitrogens with zero attached hydrogens (tertiary/aromatic N) is 2. The van der Waals surface area contributed by atoms with Crippen LogP contribution in [0.25, 0.3) is 5.76 Å². The highest BCUT2D eigenvalue weighted by Gasteiger charge is 2.46. The monoisotopic (exact) mass is 582 g/mol. The average molecular weight is 583 g/mol. The summed E-state index contributed by atoms with van der Waals surface area (Å²) in [5, 5.41) is 11.6. The Kier molecular flexibility index (Phi) is 9.33. The van der Waals surface area contributed by atoms with Gasteiger partial charge in [-0.1, -0.05) is 75.4 Å². The minimum atomic E-state index is -0.673. The summed E-state index contributed by atoms with van der Waals surface area (Å²) in [5.74, 6) is -0.710. The molecule has 43 heavy (non-hydrogen) atoms. The van der Waals surface area contributed by atoms with E-state index in [0.717, 1.165) is 48.3 Å². The van der Waals surface area contributed by atoms with E-state index < -0.39 is 17.7 Å². The van der Waals surface area contributed by atoms with Gasteiger partial charge in [0.05, 0.1) is 24.8 Å². The fourth-order valence-electron chi connectivity index (χ4n) is 5.76. The van der Waals surface area contributed by atoms with Gasteiger partial charge >= 0.3 is 0 Å². The second-order valence-corrected chi connectivity index (χ2v) is 12.4. The van der Waals surface area contributed by atoms with Gasteiger partial charge in [-0.25, -0.2) is 0 Å². The van der Waals surface area contributed by atoms with Crippen LogP contribution in [0.2, 0.25) is 0 Å². The summed E-state index contributed by atoms with van der Waals surface area (Å²) in [4.78, 5) is 31.0. The van der Waals surface area contributed by atoms with Crippen molar-refractivity contribution in [3.05, 3.63) is 106 Å². The van der Waals surface area contributed by atoms with Gasteiger partial charge in [-0.15, -0.1) is 0 Å². The number of ether oxygens (including phenoxy) is 2. The SMILES string of the molecule is Cc1cc(C(O)=C2C(=O)C(=O)N(CCCN3CCOCC3)[C@@H]2c2ccc(C(C)(C)C)cc2)ccc1OCc1ccccc1. The van der Waals surface area contributed by atoms with Gasteiger partial charge in [-0.05, 0) is 59.2 Å². The van der Waals surface area contributed by atoms with Crippen LogP contribution >= 0.6 is 0 Å². The molecule has 0 unspecified atom stereocenters. The fraction of sp³-hybridized carbons (Fsp3) is 0.389. The van der Waals surface area contributed by atoms with Crippen LogP contribution in [-0.4, -0.2) is 66.0 Å². The number of benzene rings is 3. The van der Waals surface area contributed by atoms with Gasteiger partial charge in [0.2, 0.25) is 0 Å². The Hall–Kier alpha value is -3.94. The first-order valence-corrected chi connectivity index (χ1v) is 15.1. The van der Waals surface area contributed by atoms with Gasteiger partial charge in [-0.3, -0.25) is 14.5 Å². The molecule has 2 heterocycles. The van der Waals surface area contributed by atoms with E-state index in [1.807, 2.05) is 61.5 Å². The van der Waals surface area contributed by atoms with Crippen molar-refractivity contribution in [1.82, 2.24) is 9.80 Å². The van der Waals surface area contributed by atoms with E-state index >= 15 is 0 Å². The zero-order valence-electron chi connectivity index (χ0n) is 25.6. The highest BCUT2D eigenvalue weighted by molar-refractivity contribution is 6.46. The minimum absolute atomic E-state index is 0.0413. The first-order chi connectivity index (χ1) is 20.6. The van der Waals surface area contributed by atoms with Crippen LogP contribution in [-0.2, 0) is 26.3 Å². The van der Waals surface area contributed by atoms with Crippen LogP contribution in [0.15, 0.2) is 78.4 Å². The summed E-state index contributed by atoms with van der Waals surface area (Å²) in [7, 11) is 0. The number of rotatable bonds is 9. The van der Waals surface area contributed by atoms with Crippen molar-refractivity contribution < 1.29 is 24.2 Å². The maximum Gasteiger partial charge on any atom is 0.295 e. The van der Waals surface area contributed by atoms with Crippen LogP contribution < -0.4 is 4.74 Å². The fourth-order valence-corrected chi connectivity index (χ4v) is 5.76. The van der Waals surface area contributed by atoms with Gasteiger partial charge in [-0.2, -0.15) is 0 Å². The normalized spacial score (nSPS) is 19.2. The Morgan fingerprint density at radius 3 is 2.30 bits per heavy atom. The van der Waals surface area contributed by atoms with Crippen LogP contribution in [0.3, 0.4) is 0 Å². The Bertz CT molecular complexity index is 1470. The smallest absolute Gasteiger partial charge is 0.295 e. The molecule has 1 amide bonds. The molecule has 0 bridgehead atoms. The number of Topliss-reactive ketones (excluding diaryl/α,β-unsaturated/α-hetero) is 1. The van der Waals surface area contributed by atoms with Gasteiger partial charge in [0, 0.05) is 31.7 Å². The number of morpholine rings is 1. The lowest BCUT2D eigenvalue weighted by atomic mass is 9.85. The molecule has 0 aromatic heterocycles. The Morgan fingerprint density at radius 1 is 0.953 bits per heavy atom. The third-order valence-corrected chi connectivity index (χ3v) is 8.30. The molecule has 0 aliphatic carbocycles. The number of carbonyl (C=O) groups is 2. The molecule has 5 rings (SSSR count). The second kappa shape index (κ2) is 13.1. The minimum Gasteiger partial charge on any atom is -0.507 e. The standard InChI is InChI=1S/C36H42N2O5/c1-25-23-28(13-16-30(25)43-24-26-9-6-5-7-10-26)33(39)31-32(27-11-14-29(15-12-27)36(2,3)4)38(35(41)34(31)40)18-8-17-37-19-21-42-22-20-37/h5-7,9-16,23,32,39H,8,17-22,24H2,1-4H3/t32-/m1/s1. The molecule has 1 atom stereocenters. The molecule has 3 aromatic carbocycles. The summed E-state index contributed by atoms with van der Waals surface area (Å²) < 4.78 is 11.5. The topological polar surface area (TPSA) is 79.3 Å². The molecule has 0 saturated carbocycles. The number of carbonyl (C=O) groups excluding carboxylic acids is 2.